The molecule has 0 aromatic heterocycles. The molecule has 4 N–H and O–H groups in total. The van der Waals surface area contributed by atoms with E-state index in [1.165, 1.54) is 38.9 Å². The molecule has 0 radical (unpaired) electrons. The molecule has 3 heterocycles. The van der Waals surface area contributed by atoms with E-state index in [1.807, 2.05) is 0 Å². The molecule has 3 aliphatic heterocycles. The van der Waals surface area contributed by atoms with Crippen molar-refractivity contribution in [2.45, 2.75) is 37.8 Å². The van der Waals surface area contributed by atoms with Gasteiger partial charge in [0.1, 0.15) is 18.5 Å². The van der Waals surface area contributed by atoms with Crippen LogP contribution in [0.5, 0.6) is 0 Å². The molecule has 0 aromatic rings. The van der Waals surface area contributed by atoms with Crippen LogP contribution in [0.15, 0.2) is 0 Å². The molecule has 4 heteroatoms. The highest BCUT2D eigenvalue weighted by molar-refractivity contribution is 4.78. The molecule has 0 amide bonds. The van der Waals surface area contributed by atoms with E-state index in [0.717, 1.165) is 0 Å². The first-order chi connectivity index (χ1) is 6.45. The van der Waals surface area contributed by atoms with Crippen LogP contribution in [-0.2, 0) is 0 Å². The van der Waals surface area contributed by atoms with E-state index >= 15 is 0 Å². The Morgan fingerprint density at radius 2 is 1.08 bits per heavy atom. The van der Waals surface area contributed by atoms with Crippen LogP contribution in [0.4, 0.5) is 0 Å². The molecule has 0 spiro atoms. The van der Waals surface area contributed by atoms with Crippen molar-refractivity contribution >= 4 is 0 Å². The highest BCUT2D eigenvalue weighted by atomic mass is 15.5. The summed E-state index contributed by atoms with van der Waals surface area (Å²) in [4.78, 5) is 1.73. The number of hydrogen-bond donors (Lipinski definition) is 4. The Bertz CT molecular complexity index is 151. The molecule has 0 aromatic carbocycles. The molecule has 74 valence electrons. The fourth-order valence-electron chi connectivity index (χ4n) is 3.09. The SMILES string of the molecule is C1C[C@H]2NCC[C@@H]3NCC[C@H](N1)[NH+]32. The maximum absolute atomic E-state index is 3.63. The lowest BCUT2D eigenvalue weighted by atomic mass is 10.0. The molecule has 3 aliphatic rings. The Labute approximate surface area is 79.1 Å². The van der Waals surface area contributed by atoms with Crippen LogP contribution >= 0.6 is 0 Å². The van der Waals surface area contributed by atoms with Crippen molar-refractivity contribution in [3.8, 4) is 0 Å². The molecule has 1 unspecified atom stereocenters. The van der Waals surface area contributed by atoms with Gasteiger partial charge in [-0.3, -0.25) is 20.9 Å². The van der Waals surface area contributed by atoms with E-state index in [9.17, 15) is 0 Å². The predicted octanol–water partition coefficient (Wildman–Crippen LogP) is -2.17. The summed E-state index contributed by atoms with van der Waals surface area (Å²) in [7, 11) is 0. The van der Waals surface area contributed by atoms with Crippen molar-refractivity contribution in [1.29, 1.82) is 0 Å². The fraction of sp³-hybridized carbons (Fsp3) is 1.00. The highest BCUT2D eigenvalue weighted by Crippen LogP contribution is 2.04. The lowest BCUT2D eigenvalue weighted by molar-refractivity contribution is -0.995. The van der Waals surface area contributed by atoms with Gasteiger partial charge in [0.15, 0.2) is 0 Å². The second kappa shape index (κ2) is 3.20. The van der Waals surface area contributed by atoms with E-state index < -0.39 is 0 Å². The van der Waals surface area contributed by atoms with Crippen LogP contribution in [0.25, 0.3) is 0 Å². The van der Waals surface area contributed by atoms with Gasteiger partial charge in [-0.1, -0.05) is 0 Å². The Kier molecular flexibility index (Phi) is 2.01. The van der Waals surface area contributed by atoms with Crippen LogP contribution in [0.2, 0.25) is 0 Å². The zero-order chi connectivity index (χ0) is 8.67. The van der Waals surface area contributed by atoms with Gasteiger partial charge in [0.05, 0.1) is 0 Å². The smallest absolute Gasteiger partial charge is 0.145 e. The van der Waals surface area contributed by atoms with Crippen molar-refractivity contribution in [3.05, 3.63) is 0 Å². The number of nitrogens with one attached hydrogen (secondary N) is 4. The highest BCUT2D eigenvalue weighted by Gasteiger charge is 2.43. The van der Waals surface area contributed by atoms with Gasteiger partial charge in [0.25, 0.3) is 0 Å². The predicted molar refractivity (Wildman–Crippen MR) is 50.2 cm³/mol. The van der Waals surface area contributed by atoms with E-state index in [2.05, 4.69) is 16.0 Å². The van der Waals surface area contributed by atoms with Crippen LogP contribution in [-0.4, -0.2) is 38.1 Å². The maximum Gasteiger partial charge on any atom is 0.145 e. The lowest BCUT2D eigenvalue weighted by Crippen LogP contribution is -3.30. The molecule has 0 saturated carbocycles. The van der Waals surface area contributed by atoms with Crippen molar-refractivity contribution in [1.82, 2.24) is 16.0 Å². The van der Waals surface area contributed by atoms with Crippen molar-refractivity contribution in [2.24, 2.45) is 0 Å². The number of rotatable bonds is 0. The summed E-state index contributed by atoms with van der Waals surface area (Å²) >= 11 is 0. The molecule has 3 rings (SSSR count). The summed E-state index contributed by atoms with van der Waals surface area (Å²) in [5, 5.41) is 10.9. The van der Waals surface area contributed by atoms with Crippen LogP contribution < -0.4 is 20.9 Å². The van der Waals surface area contributed by atoms with Gasteiger partial charge < -0.3 is 0 Å². The minimum Gasteiger partial charge on any atom is -0.290 e. The van der Waals surface area contributed by atoms with Gasteiger partial charge in [0, 0.05) is 38.9 Å². The fourth-order valence-corrected chi connectivity index (χ4v) is 3.09. The second-order valence-corrected chi connectivity index (χ2v) is 4.39. The molecule has 13 heavy (non-hydrogen) atoms. The molecular weight excluding hydrogens is 164 g/mol. The average Bonchev–Trinajstić information content (AvgIpc) is 2.19. The standard InChI is InChI=1S/C9H18N4/c1-4-10-8-3-6-12-9-2-5-11-7(1)13(8)9/h7-12H,1-6H2/p+1/t7-,8-,9+/m1/s1. The first-order valence-corrected chi connectivity index (χ1v) is 5.52. The van der Waals surface area contributed by atoms with Gasteiger partial charge in [-0.2, -0.15) is 0 Å². The Balaban J connectivity index is 1.82. The first kappa shape index (κ1) is 8.17. The van der Waals surface area contributed by atoms with Gasteiger partial charge in [-0.05, 0) is 0 Å². The largest absolute Gasteiger partial charge is 0.290 e. The van der Waals surface area contributed by atoms with Crippen molar-refractivity contribution in [2.75, 3.05) is 19.6 Å². The molecule has 3 fully saturated rings. The zero-order valence-electron chi connectivity index (χ0n) is 7.97. The van der Waals surface area contributed by atoms with Gasteiger partial charge in [0.2, 0.25) is 0 Å². The van der Waals surface area contributed by atoms with E-state index in [4.69, 9.17) is 0 Å². The zero-order valence-corrected chi connectivity index (χ0v) is 7.97. The lowest BCUT2D eigenvalue weighted by Gasteiger charge is -2.49. The van der Waals surface area contributed by atoms with Crippen LogP contribution in [0.3, 0.4) is 0 Å². The molecular formula is C9H19N4+. The minimum atomic E-state index is 0.706. The molecule has 0 aliphatic carbocycles. The average molecular weight is 183 g/mol. The number of hydrogen-bond acceptors (Lipinski definition) is 3. The molecule has 4 atom stereocenters. The first-order valence-electron chi connectivity index (χ1n) is 5.52. The van der Waals surface area contributed by atoms with E-state index in [-0.39, 0.29) is 0 Å². The molecule has 3 saturated heterocycles. The molecule has 4 nitrogen and oxygen atoms in total. The number of quaternary nitrogens is 1. The monoisotopic (exact) mass is 183 g/mol. The summed E-state index contributed by atoms with van der Waals surface area (Å²) in [5.41, 5.74) is 0. The minimum absolute atomic E-state index is 0.706. The van der Waals surface area contributed by atoms with Gasteiger partial charge >= 0.3 is 0 Å². The Morgan fingerprint density at radius 3 is 1.46 bits per heavy atom. The van der Waals surface area contributed by atoms with E-state index in [1.54, 1.807) is 4.90 Å². The topological polar surface area (TPSA) is 40.5 Å². The second-order valence-electron chi connectivity index (χ2n) is 4.39. The normalized spacial score (nSPS) is 49.8. The summed E-state index contributed by atoms with van der Waals surface area (Å²) < 4.78 is 0. The third-order valence-electron chi connectivity index (χ3n) is 3.68. The third-order valence-corrected chi connectivity index (χ3v) is 3.68. The van der Waals surface area contributed by atoms with Crippen molar-refractivity contribution < 1.29 is 4.90 Å². The maximum atomic E-state index is 3.63. The Hall–Kier alpha value is -0.160. The quantitative estimate of drug-likeness (QED) is 0.345. The van der Waals surface area contributed by atoms with Gasteiger partial charge in [-0.15, -0.1) is 0 Å². The van der Waals surface area contributed by atoms with Crippen LogP contribution in [0, 0.1) is 0 Å². The summed E-state index contributed by atoms with van der Waals surface area (Å²) in [6, 6.07) is 0. The summed E-state index contributed by atoms with van der Waals surface area (Å²) in [6.45, 7) is 3.58. The van der Waals surface area contributed by atoms with Crippen LogP contribution in [0.1, 0.15) is 19.3 Å². The van der Waals surface area contributed by atoms with Crippen molar-refractivity contribution in [3.63, 3.8) is 0 Å². The third kappa shape index (κ3) is 1.29. The summed E-state index contributed by atoms with van der Waals surface area (Å²) in [6.07, 6.45) is 5.96. The summed E-state index contributed by atoms with van der Waals surface area (Å²) in [5.74, 6) is 0. The van der Waals surface area contributed by atoms with Gasteiger partial charge in [-0.25, -0.2) is 0 Å². The van der Waals surface area contributed by atoms with E-state index in [0.29, 0.717) is 18.5 Å². The molecule has 0 bridgehead atoms. The Morgan fingerprint density at radius 1 is 0.692 bits per heavy atom.